The van der Waals surface area contributed by atoms with E-state index >= 15 is 0 Å². The minimum absolute atomic E-state index is 0.178. The van der Waals surface area contributed by atoms with Crippen LogP contribution in [0.3, 0.4) is 0 Å². The van der Waals surface area contributed by atoms with E-state index in [4.69, 9.17) is 4.74 Å². The van der Waals surface area contributed by atoms with E-state index in [2.05, 4.69) is 51.8 Å². The molecular weight excluding hydrogens is 308 g/mol. The van der Waals surface area contributed by atoms with Crippen molar-refractivity contribution in [2.45, 2.75) is 29.1 Å². The summed E-state index contributed by atoms with van der Waals surface area (Å²) in [4.78, 5) is 0.590. The van der Waals surface area contributed by atoms with Crippen molar-refractivity contribution in [1.29, 1.82) is 0 Å². The maximum atomic E-state index is 5.93. The summed E-state index contributed by atoms with van der Waals surface area (Å²) in [5, 5.41) is 0. The van der Waals surface area contributed by atoms with E-state index in [0.717, 1.165) is 5.75 Å². The Hall–Kier alpha value is -0.0200. The maximum absolute atomic E-state index is 5.93. The molecule has 0 fully saturated rings. The smallest absolute Gasteiger partial charge is 0.124 e. The summed E-state index contributed by atoms with van der Waals surface area (Å²) in [6, 6.07) is 8.15. The van der Waals surface area contributed by atoms with Crippen molar-refractivity contribution in [3.8, 4) is 5.75 Å². The molecule has 1 heterocycles. The number of hydrogen-bond donors (Lipinski definition) is 0. The van der Waals surface area contributed by atoms with E-state index in [1.807, 2.05) is 18.2 Å². The van der Waals surface area contributed by atoms with Crippen LogP contribution in [-0.2, 0) is 0 Å². The molecule has 0 spiro atoms. The van der Waals surface area contributed by atoms with E-state index in [0.29, 0.717) is 4.83 Å². The van der Waals surface area contributed by atoms with Gasteiger partial charge < -0.3 is 4.74 Å². The van der Waals surface area contributed by atoms with Gasteiger partial charge in [0.2, 0.25) is 0 Å². The fourth-order valence-corrected chi connectivity index (χ4v) is 3.04. The van der Waals surface area contributed by atoms with E-state index < -0.39 is 0 Å². The Labute approximate surface area is 101 Å². The van der Waals surface area contributed by atoms with E-state index in [9.17, 15) is 0 Å². The monoisotopic (exact) mass is 318 g/mol. The Morgan fingerprint density at radius 2 is 1.86 bits per heavy atom. The highest BCUT2D eigenvalue weighted by Gasteiger charge is 2.40. The second-order valence-corrected chi connectivity index (χ2v) is 6.02. The van der Waals surface area contributed by atoms with Crippen LogP contribution in [0.1, 0.15) is 24.2 Å². The minimum Gasteiger partial charge on any atom is -0.486 e. The number of rotatable bonds is 0. The topological polar surface area (TPSA) is 9.23 Å². The van der Waals surface area contributed by atoms with E-state index in [1.165, 1.54) is 5.56 Å². The zero-order valence-electron chi connectivity index (χ0n) is 8.13. The predicted octanol–water partition coefficient (Wildman–Crippen LogP) is 4.06. The van der Waals surface area contributed by atoms with Gasteiger partial charge in [0, 0.05) is 5.56 Å². The standard InChI is InChI=1S/C11H12Br2O/c1-11(2)10(13)9(12)7-5-3-4-6-8(7)14-11/h3-6,9-10H,1-2H3/t9-,10-/m1/s1. The SMILES string of the molecule is CC1(C)Oc2ccccc2[C@@H](Br)[C@H]1Br. The van der Waals surface area contributed by atoms with Crippen LogP contribution in [0.2, 0.25) is 0 Å². The number of hydrogen-bond acceptors (Lipinski definition) is 1. The van der Waals surface area contributed by atoms with Gasteiger partial charge in [-0.05, 0) is 19.9 Å². The highest BCUT2D eigenvalue weighted by Crippen LogP contribution is 2.47. The average Bonchev–Trinajstić information content (AvgIpc) is 2.14. The van der Waals surface area contributed by atoms with Crippen molar-refractivity contribution in [2.24, 2.45) is 0 Å². The highest BCUT2D eigenvalue weighted by atomic mass is 79.9. The molecule has 0 unspecified atom stereocenters. The molecule has 0 bridgehead atoms. The van der Waals surface area contributed by atoms with Crippen molar-refractivity contribution >= 4 is 31.9 Å². The third kappa shape index (κ3) is 1.61. The fraction of sp³-hybridized carbons (Fsp3) is 0.455. The molecule has 0 saturated carbocycles. The molecule has 3 heteroatoms. The quantitative estimate of drug-likeness (QED) is 0.655. The lowest BCUT2D eigenvalue weighted by Crippen LogP contribution is -2.43. The number of alkyl halides is 2. The van der Waals surface area contributed by atoms with Gasteiger partial charge in [-0.1, -0.05) is 50.1 Å². The molecule has 0 aliphatic carbocycles. The van der Waals surface area contributed by atoms with Crippen LogP contribution in [0.25, 0.3) is 0 Å². The number of fused-ring (bicyclic) bond motifs is 1. The number of ether oxygens (including phenoxy) is 1. The Balaban J connectivity index is 2.48. The normalized spacial score (nSPS) is 29.1. The molecule has 1 aliphatic heterocycles. The van der Waals surface area contributed by atoms with Crippen LogP contribution in [0.15, 0.2) is 24.3 Å². The lowest BCUT2D eigenvalue weighted by molar-refractivity contribution is 0.0931. The summed E-state index contributed by atoms with van der Waals surface area (Å²) in [5.74, 6) is 0.982. The second kappa shape index (κ2) is 3.53. The molecule has 14 heavy (non-hydrogen) atoms. The molecule has 1 aliphatic rings. The lowest BCUT2D eigenvalue weighted by atomic mass is 9.94. The zero-order chi connectivity index (χ0) is 10.3. The van der Waals surface area contributed by atoms with E-state index in [1.54, 1.807) is 0 Å². The fourth-order valence-electron chi connectivity index (χ4n) is 1.65. The predicted molar refractivity (Wildman–Crippen MR) is 65.5 cm³/mol. The summed E-state index contributed by atoms with van der Waals surface area (Å²) in [7, 11) is 0. The third-order valence-corrected chi connectivity index (χ3v) is 5.87. The van der Waals surface area contributed by atoms with Gasteiger partial charge in [0.25, 0.3) is 0 Å². The van der Waals surface area contributed by atoms with Crippen LogP contribution >= 0.6 is 31.9 Å². The molecule has 1 aromatic carbocycles. The summed E-state index contributed by atoms with van der Waals surface area (Å²) in [6.45, 7) is 4.19. The summed E-state index contributed by atoms with van der Waals surface area (Å²) < 4.78 is 5.93. The van der Waals surface area contributed by atoms with Crippen LogP contribution in [0.4, 0.5) is 0 Å². The van der Waals surface area contributed by atoms with Crippen LogP contribution in [0.5, 0.6) is 5.75 Å². The number of benzene rings is 1. The Morgan fingerprint density at radius 3 is 2.57 bits per heavy atom. The molecule has 2 atom stereocenters. The summed E-state index contributed by atoms with van der Waals surface area (Å²) >= 11 is 7.37. The van der Waals surface area contributed by atoms with Gasteiger partial charge in [0.05, 0.1) is 9.65 Å². The van der Waals surface area contributed by atoms with Gasteiger partial charge in [-0.2, -0.15) is 0 Å². The van der Waals surface area contributed by atoms with Gasteiger partial charge in [0.15, 0.2) is 0 Å². The summed E-state index contributed by atoms with van der Waals surface area (Å²) in [6.07, 6.45) is 0. The molecule has 0 radical (unpaired) electrons. The molecule has 1 aromatic rings. The van der Waals surface area contributed by atoms with Crippen molar-refractivity contribution in [3.63, 3.8) is 0 Å². The minimum atomic E-state index is -0.178. The maximum Gasteiger partial charge on any atom is 0.124 e. The summed E-state index contributed by atoms with van der Waals surface area (Å²) in [5.41, 5.74) is 1.04. The zero-order valence-corrected chi connectivity index (χ0v) is 11.3. The van der Waals surface area contributed by atoms with Crippen LogP contribution in [0, 0.1) is 0 Å². The van der Waals surface area contributed by atoms with Gasteiger partial charge in [-0.15, -0.1) is 0 Å². The van der Waals surface area contributed by atoms with Crippen molar-refractivity contribution in [1.82, 2.24) is 0 Å². The lowest BCUT2D eigenvalue weighted by Gasteiger charge is -2.40. The molecule has 0 aromatic heterocycles. The Kier molecular flexibility index (Phi) is 2.64. The highest BCUT2D eigenvalue weighted by molar-refractivity contribution is 9.12. The Bertz CT molecular complexity index is 349. The molecule has 76 valence electrons. The first-order valence-corrected chi connectivity index (χ1v) is 6.41. The molecule has 0 N–H and O–H groups in total. The van der Waals surface area contributed by atoms with Crippen molar-refractivity contribution < 1.29 is 4.74 Å². The Morgan fingerprint density at radius 1 is 1.21 bits per heavy atom. The molecular formula is C11H12Br2O. The first-order valence-electron chi connectivity index (χ1n) is 4.58. The van der Waals surface area contributed by atoms with E-state index in [-0.39, 0.29) is 10.4 Å². The van der Waals surface area contributed by atoms with Gasteiger partial charge in [-0.25, -0.2) is 0 Å². The molecule has 2 rings (SSSR count). The molecule has 1 nitrogen and oxygen atoms in total. The number of halogens is 2. The van der Waals surface area contributed by atoms with Crippen LogP contribution in [-0.4, -0.2) is 10.4 Å². The molecule has 0 amide bonds. The largest absolute Gasteiger partial charge is 0.486 e. The third-order valence-electron chi connectivity index (χ3n) is 2.51. The van der Waals surface area contributed by atoms with Gasteiger partial charge in [-0.3, -0.25) is 0 Å². The molecule has 0 saturated heterocycles. The second-order valence-electron chi connectivity index (χ2n) is 4.05. The van der Waals surface area contributed by atoms with Gasteiger partial charge in [0.1, 0.15) is 11.4 Å². The first-order chi connectivity index (χ1) is 6.52. The van der Waals surface area contributed by atoms with Crippen molar-refractivity contribution in [3.05, 3.63) is 29.8 Å². The van der Waals surface area contributed by atoms with Crippen LogP contribution < -0.4 is 4.74 Å². The average molecular weight is 320 g/mol. The van der Waals surface area contributed by atoms with Gasteiger partial charge >= 0.3 is 0 Å². The first kappa shape index (κ1) is 10.5. The van der Waals surface area contributed by atoms with Crippen molar-refractivity contribution in [2.75, 3.05) is 0 Å². The number of para-hydroxylation sites is 1.